The van der Waals surface area contributed by atoms with Crippen molar-refractivity contribution in [2.75, 3.05) is 16.8 Å². The maximum Gasteiger partial charge on any atom is 0.416 e. The maximum atomic E-state index is 12.4. The van der Waals surface area contributed by atoms with E-state index in [9.17, 15) is 22.8 Å². The summed E-state index contributed by atoms with van der Waals surface area (Å²) < 4.78 is 37.3. The van der Waals surface area contributed by atoms with E-state index in [1.165, 1.54) is 23.9 Å². The molecule has 1 saturated heterocycles. The van der Waals surface area contributed by atoms with Crippen molar-refractivity contribution in [1.29, 1.82) is 0 Å². The van der Waals surface area contributed by atoms with E-state index in [0.29, 0.717) is 17.9 Å². The molecular weight excluding hydrogens is 305 g/mol. The lowest BCUT2D eigenvalue weighted by Crippen LogP contribution is -2.44. The zero-order valence-corrected chi connectivity index (χ0v) is 11.7. The fraction of sp³-hybridized carbons (Fsp3) is 0.385. The highest BCUT2D eigenvalue weighted by molar-refractivity contribution is 7.99. The Morgan fingerprint density at radius 1 is 1.29 bits per heavy atom. The van der Waals surface area contributed by atoms with Crippen molar-refractivity contribution >= 4 is 29.3 Å². The van der Waals surface area contributed by atoms with E-state index in [2.05, 4.69) is 10.6 Å². The summed E-state index contributed by atoms with van der Waals surface area (Å²) >= 11 is 1.48. The van der Waals surface area contributed by atoms with Gasteiger partial charge in [-0.2, -0.15) is 24.9 Å². The second kappa shape index (κ2) is 6.38. The van der Waals surface area contributed by atoms with Gasteiger partial charge in [0, 0.05) is 23.6 Å². The van der Waals surface area contributed by atoms with Crippen LogP contribution in [0.1, 0.15) is 12.0 Å². The molecule has 0 bridgehead atoms. The van der Waals surface area contributed by atoms with Crippen LogP contribution in [0, 0.1) is 0 Å². The topological polar surface area (TPSA) is 58.2 Å². The Labute approximate surface area is 123 Å². The first kappa shape index (κ1) is 15.7. The summed E-state index contributed by atoms with van der Waals surface area (Å²) in [6, 6.07) is 3.50. The van der Waals surface area contributed by atoms with E-state index in [-0.39, 0.29) is 11.6 Å². The first-order valence-electron chi connectivity index (χ1n) is 6.21. The van der Waals surface area contributed by atoms with Gasteiger partial charge >= 0.3 is 6.18 Å². The van der Waals surface area contributed by atoms with Gasteiger partial charge in [0.15, 0.2) is 0 Å². The van der Waals surface area contributed by atoms with Gasteiger partial charge in [-0.15, -0.1) is 0 Å². The molecule has 0 aromatic heterocycles. The smallest absolute Gasteiger partial charge is 0.343 e. The Balaban J connectivity index is 2.00. The van der Waals surface area contributed by atoms with Crippen LogP contribution in [0.2, 0.25) is 0 Å². The third-order valence-electron chi connectivity index (χ3n) is 2.89. The highest BCUT2D eigenvalue weighted by Gasteiger charge is 2.30. The Bertz CT molecular complexity index is 531. The number of alkyl halides is 3. The molecule has 1 aromatic rings. The number of carbonyl (C=O) groups is 2. The number of anilines is 1. The number of amides is 2. The van der Waals surface area contributed by atoms with Crippen molar-refractivity contribution in [1.82, 2.24) is 5.32 Å². The van der Waals surface area contributed by atoms with Crippen LogP contribution in [0.4, 0.5) is 18.9 Å². The molecule has 0 aliphatic carbocycles. The molecule has 0 radical (unpaired) electrons. The molecule has 0 saturated carbocycles. The number of thioether (sulfide) groups is 1. The Kier molecular flexibility index (Phi) is 4.76. The molecule has 0 unspecified atom stereocenters. The van der Waals surface area contributed by atoms with E-state index in [4.69, 9.17) is 0 Å². The number of hydrogen-bond acceptors (Lipinski definition) is 3. The largest absolute Gasteiger partial charge is 0.416 e. The number of halogens is 3. The first-order valence-corrected chi connectivity index (χ1v) is 7.37. The minimum Gasteiger partial charge on any atom is -0.343 e. The molecule has 1 aromatic carbocycles. The van der Waals surface area contributed by atoms with Gasteiger partial charge < -0.3 is 10.6 Å². The molecule has 1 aliphatic heterocycles. The summed E-state index contributed by atoms with van der Waals surface area (Å²) in [5.41, 5.74) is -0.518. The molecule has 2 amide bonds. The van der Waals surface area contributed by atoms with Crippen molar-refractivity contribution in [2.45, 2.75) is 18.6 Å². The summed E-state index contributed by atoms with van der Waals surface area (Å²) in [5.74, 6) is 0.457. The fourth-order valence-corrected chi connectivity index (χ4v) is 2.75. The number of benzene rings is 1. The van der Waals surface area contributed by atoms with Gasteiger partial charge in [-0.3, -0.25) is 9.59 Å². The summed E-state index contributed by atoms with van der Waals surface area (Å²) in [6.07, 6.45) is -4.05. The first-order chi connectivity index (χ1) is 9.86. The molecule has 1 fully saturated rings. The molecular formula is C13H13F3N2O2S. The van der Waals surface area contributed by atoms with Crippen LogP contribution in [0.15, 0.2) is 24.3 Å². The Morgan fingerprint density at radius 3 is 2.57 bits per heavy atom. The normalized spacial score (nSPS) is 19.6. The molecule has 0 spiro atoms. The molecule has 2 N–H and O–H groups in total. The average Bonchev–Trinajstić information content (AvgIpc) is 2.63. The minimum atomic E-state index is -4.41. The highest BCUT2D eigenvalue weighted by Crippen LogP contribution is 2.29. The number of hydrogen-bond donors (Lipinski definition) is 2. The standard InChI is InChI=1S/C13H13F3N2O2S/c14-13(15,16)8-1-3-9(4-2-8)17-12(20)10-7-21-6-5-11(19)18-10/h1-4,10H,5-7H2,(H,17,20)(H,18,19)/t10-/m1/s1. The second-order valence-electron chi connectivity index (χ2n) is 4.51. The predicted molar refractivity (Wildman–Crippen MR) is 73.9 cm³/mol. The van der Waals surface area contributed by atoms with Crippen LogP contribution < -0.4 is 10.6 Å². The van der Waals surface area contributed by atoms with Gasteiger partial charge in [-0.1, -0.05) is 0 Å². The number of carbonyl (C=O) groups excluding carboxylic acids is 2. The van der Waals surface area contributed by atoms with E-state index >= 15 is 0 Å². The monoisotopic (exact) mass is 318 g/mol. The van der Waals surface area contributed by atoms with Crippen LogP contribution in [0.3, 0.4) is 0 Å². The lowest BCUT2D eigenvalue weighted by molar-refractivity contribution is -0.137. The lowest BCUT2D eigenvalue weighted by atomic mass is 10.2. The van der Waals surface area contributed by atoms with E-state index in [1.807, 2.05) is 0 Å². The Hall–Kier alpha value is -1.70. The summed E-state index contributed by atoms with van der Waals surface area (Å²) in [6.45, 7) is 0. The van der Waals surface area contributed by atoms with Gasteiger partial charge in [-0.05, 0) is 24.3 Å². The number of nitrogens with one attached hydrogen (secondary N) is 2. The molecule has 21 heavy (non-hydrogen) atoms. The van der Waals surface area contributed by atoms with Gasteiger partial charge in [0.1, 0.15) is 6.04 Å². The highest BCUT2D eigenvalue weighted by atomic mass is 32.2. The number of rotatable bonds is 2. The molecule has 2 rings (SSSR count). The Morgan fingerprint density at radius 2 is 1.95 bits per heavy atom. The third-order valence-corrected chi connectivity index (χ3v) is 3.95. The fourth-order valence-electron chi connectivity index (χ4n) is 1.79. The summed E-state index contributed by atoms with van der Waals surface area (Å²) in [5, 5.41) is 5.09. The molecule has 1 atom stereocenters. The van der Waals surface area contributed by atoms with Crippen molar-refractivity contribution < 1.29 is 22.8 Å². The quantitative estimate of drug-likeness (QED) is 0.879. The molecule has 1 heterocycles. The van der Waals surface area contributed by atoms with Crippen LogP contribution in [0.25, 0.3) is 0 Å². The van der Waals surface area contributed by atoms with Crippen molar-refractivity contribution in [2.24, 2.45) is 0 Å². The zero-order chi connectivity index (χ0) is 15.5. The summed E-state index contributed by atoms with van der Waals surface area (Å²) in [4.78, 5) is 23.4. The van der Waals surface area contributed by atoms with Crippen molar-refractivity contribution in [3.8, 4) is 0 Å². The molecule has 114 valence electrons. The second-order valence-corrected chi connectivity index (χ2v) is 5.66. The lowest BCUT2D eigenvalue weighted by Gasteiger charge is -2.15. The average molecular weight is 318 g/mol. The van der Waals surface area contributed by atoms with E-state index < -0.39 is 23.7 Å². The van der Waals surface area contributed by atoms with Gasteiger partial charge in [0.05, 0.1) is 5.56 Å². The van der Waals surface area contributed by atoms with E-state index in [0.717, 1.165) is 12.1 Å². The van der Waals surface area contributed by atoms with Crippen LogP contribution in [0.5, 0.6) is 0 Å². The predicted octanol–water partition coefficient (Wildman–Crippen LogP) is 2.27. The van der Waals surface area contributed by atoms with Crippen molar-refractivity contribution in [3.05, 3.63) is 29.8 Å². The van der Waals surface area contributed by atoms with Crippen LogP contribution in [-0.4, -0.2) is 29.4 Å². The SMILES string of the molecule is O=C1CCSC[C@H](C(=O)Nc2ccc(C(F)(F)F)cc2)N1. The third kappa shape index (κ3) is 4.38. The zero-order valence-electron chi connectivity index (χ0n) is 10.9. The van der Waals surface area contributed by atoms with Crippen LogP contribution in [-0.2, 0) is 15.8 Å². The molecule has 8 heteroatoms. The van der Waals surface area contributed by atoms with Gasteiger partial charge in [0.2, 0.25) is 11.8 Å². The van der Waals surface area contributed by atoms with E-state index in [1.54, 1.807) is 0 Å². The van der Waals surface area contributed by atoms with Crippen LogP contribution >= 0.6 is 11.8 Å². The molecule has 4 nitrogen and oxygen atoms in total. The summed E-state index contributed by atoms with van der Waals surface area (Å²) in [7, 11) is 0. The van der Waals surface area contributed by atoms with Gasteiger partial charge in [-0.25, -0.2) is 0 Å². The molecule has 1 aliphatic rings. The maximum absolute atomic E-state index is 12.4. The van der Waals surface area contributed by atoms with Gasteiger partial charge in [0.25, 0.3) is 0 Å². The minimum absolute atomic E-state index is 0.201. The van der Waals surface area contributed by atoms with Crippen molar-refractivity contribution in [3.63, 3.8) is 0 Å².